The molecule has 0 atom stereocenters. The van der Waals surface area contributed by atoms with Crippen molar-refractivity contribution in [2.75, 3.05) is 17.3 Å². The molecule has 0 saturated heterocycles. The van der Waals surface area contributed by atoms with Crippen molar-refractivity contribution >= 4 is 33.4 Å². The third kappa shape index (κ3) is 4.32. The Morgan fingerprint density at radius 1 is 1.00 bits per heavy atom. The number of hydrogen-bond donors (Lipinski definition) is 1. The molecule has 0 aliphatic carbocycles. The van der Waals surface area contributed by atoms with Gasteiger partial charge in [-0.1, -0.05) is 46.3 Å². The van der Waals surface area contributed by atoms with Gasteiger partial charge >= 0.3 is 0 Å². The number of aromatic nitrogens is 2. The molecule has 5 heteroatoms. The van der Waals surface area contributed by atoms with Crippen molar-refractivity contribution in [1.29, 1.82) is 0 Å². The van der Waals surface area contributed by atoms with Crippen LogP contribution in [0.1, 0.15) is 11.3 Å². The van der Waals surface area contributed by atoms with Crippen molar-refractivity contribution in [3.05, 3.63) is 76.4 Å². The predicted octanol–water partition coefficient (Wildman–Crippen LogP) is 4.93. The van der Waals surface area contributed by atoms with E-state index in [1.807, 2.05) is 62.5 Å². The van der Waals surface area contributed by atoms with Crippen LogP contribution in [0, 0.1) is 6.92 Å². The summed E-state index contributed by atoms with van der Waals surface area (Å²) in [5.74, 6) is 1.50. The molecular weight excluding hydrogens is 364 g/mol. The third-order valence-electron chi connectivity index (χ3n) is 3.56. The molecule has 1 heterocycles. The van der Waals surface area contributed by atoms with E-state index in [9.17, 15) is 0 Å². The van der Waals surface area contributed by atoms with Crippen LogP contribution in [0.25, 0.3) is 0 Å². The fourth-order valence-corrected chi connectivity index (χ4v) is 2.66. The van der Waals surface area contributed by atoms with Gasteiger partial charge in [0.05, 0.1) is 0 Å². The van der Waals surface area contributed by atoms with Gasteiger partial charge < -0.3 is 10.2 Å². The average molecular weight is 383 g/mol. The van der Waals surface area contributed by atoms with E-state index in [-0.39, 0.29) is 0 Å². The normalized spacial score (nSPS) is 10.5. The van der Waals surface area contributed by atoms with Gasteiger partial charge in [-0.3, -0.25) is 0 Å². The summed E-state index contributed by atoms with van der Waals surface area (Å²) in [6, 6.07) is 20.3. The Morgan fingerprint density at radius 2 is 1.71 bits per heavy atom. The summed E-state index contributed by atoms with van der Waals surface area (Å²) in [6.07, 6.45) is 0. The van der Waals surface area contributed by atoms with Crippen molar-refractivity contribution in [3.8, 4) is 0 Å². The topological polar surface area (TPSA) is 41.1 Å². The van der Waals surface area contributed by atoms with Crippen molar-refractivity contribution < 1.29 is 0 Å². The number of nitrogens with zero attached hydrogens (tertiary/aromatic N) is 3. The summed E-state index contributed by atoms with van der Waals surface area (Å²) >= 11 is 3.44. The van der Waals surface area contributed by atoms with Crippen molar-refractivity contribution in [2.45, 2.75) is 13.5 Å². The molecule has 3 aromatic rings. The number of nitrogens with one attached hydrogen (secondary N) is 1. The largest absolute Gasteiger partial charge is 0.340 e. The fraction of sp³-hybridized carbons (Fsp3) is 0.158. The molecule has 0 unspecified atom stereocenters. The number of halogens is 1. The zero-order valence-corrected chi connectivity index (χ0v) is 15.3. The van der Waals surface area contributed by atoms with E-state index in [1.165, 1.54) is 5.56 Å². The lowest BCUT2D eigenvalue weighted by Crippen LogP contribution is -2.19. The minimum absolute atomic E-state index is 0.707. The lowest BCUT2D eigenvalue weighted by Gasteiger charge is -2.18. The standard InChI is InChI=1S/C19H19BrN4/c1-14-12-18(22-17-10-8-16(20)9-11-17)23-19(21-14)24(2)13-15-6-4-3-5-7-15/h3-12H,13H2,1-2H3,(H,21,22,23). The summed E-state index contributed by atoms with van der Waals surface area (Å²) in [5.41, 5.74) is 3.15. The highest BCUT2D eigenvalue weighted by Gasteiger charge is 2.08. The van der Waals surface area contributed by atoms with Crippen LogP contribution in [0.4, 0.5) is 17.5 Å². The van der Waals surface area contributed by atoms with Crippen LogP contribution < -0.4 is 10.2 Å². The Labute approximate surface area is 150 Å². The van der Waals surface area contributed by atoms with E-state index in [1.54, 1.807) is 0 Å². The summed E-state index contributed by atoms with van der Waals surface area (Å²) in [7, 11) is 2.01. The van der Waals surface area contributed by atoms with Crippen LogP contribution in [0.3, 0.4) is 0 Å². The molecule has 4 nitrogen and oxygen atoms in total. The van der Waals surface area contributed by atoms with Crippen molar-refractivity contribution in [1.82, 2.24) is 9.97 Å². The molecule has 0 spiro atoms. The smallest absolute Gasteiger partial charge is 0.227 e. The number of anilines is 3. The fourth-order valence-electron chi connectivity index (χ4n) is 2.40. The zero-order chi connectivity index (χ0) is 16.9. The predicted molar refractivity (Wildman–Crippen MR) is 103 cm³/mol. The molecule has 1 N–H and O–H groups in total. The molecular formula is C19H19BrN4. The third-order valence-corrected chi connectivity index (χ3v) is 4.09. The van der Waals surface area contributed by atoms with Gasteiger partial charge in [-0.05, 0) is 36.8 Å². The average Bonchev–Trinajstić information content (AvgIpc) is 2.57. The van der Waals surface area contributed by atoms with Crippen LogP contribution >= 0.6 is 15.9 Å². The van der Waals surface area contributed by atoms with Crippen LogP contribution in [0.15, 0.2) is 65.1 Å². The first-order chi connectivity index (χ1) is 11.6. The van der Waals surface area contributed by atoms with E-state index in [0.717, 1.165) is 28.2 Å². The lowest BCUT2D eigenvalue weighted by molar-refractivity contribution is 0.861. The Kier molecular flexibility index (Phi) is 5.11. The lowest BCUT2D eigenvalue weighted by atomic mass is 10.2. The summed E-state index contributed by atoms with van der Waals surface area (Å²) < 4.78 is 1.05. The van der Waals surface area contributed by atoms with E-state index in [2.05, 4.69) is 48.2 Å². The van der Waals surface area contributed by atoms with Gasteiger partial charge in [-0.15, -0.1) is 0 Å². The van der Waals surface area contributed by atoms with E-state index in [4.69, 9.17) is 0 Å². The second-order valence-corrected chi connectivity index (χ2v) is 6.58. The minimum atomic E-state index is 0.707. The molecule has 0 radical (unpaired) electrons. The van der Waals surface area contributed by atoms with Crippen molar-refractivity contribution in [2.24, 2.45) is 0 Å². The molecule has 0 saturated carbocycles. The summed E-state index contributed by atoms with van der Waals surface area (Å²) in [4.78, 5) is 11.2. The second kappa shape index (κ2) is 7.45. The first-order valence-electron chi connectivity index (χ1n) is 7.73. The zero-order valence-electron chi connectivity index (χ0n) is 13.7. The Hall–Kier alpha value is -2.40. The highest BCUT2D eigenvalue weighted by atomic mass is 79.9. The molecule has 1 aromatic heterocycles. The van der Waals surface area contributed by atoms with Crippen LogP contribution in [0.2, 0.25) is 0 Å². The van der Waals surface area contributed by atoms with E-state index in [0.29, 0.717) is 5.95 Å². The summed E-state index contributed by atoms with van der Waals surface area (Å²) in [6.45, 7) is 2.75. The van der Waals surface area contributed by atoms with Gasteiger partial charge in [0.1, 0.15) is 5.82 Å². The SMILES string of the molecule is Cc1cc(Nc2ccc(Br)cc2)nc(N(C)Cc2ccccc2)n1. The molecule has 0 bridgehead atoms. The maximum atomic E-state index is 4.64. The highest BCUT2D eigenvalue weighted by Crippen LogP contribution is 2.20. The quantitative estimate of drug-likeness (QED) is 0.679. The van der Waals surface area contributed by atoms with Crippen LogP contribution in [-0.4, -0.2) is 17.0 Å². The maximum Gasteiger partial charge on any atom is 0.227 e. The molecule has 122 valence electrons. The van der Waals surface area contributed by atoms with E-state index >= 15 is 0 Å². The van der Waals surface area contributed by atoms with E-state index < -0.39 is 0 Å². The molecule has 0 aliphatic rings. The van der Waals surface area contributed by atoms with Gasteiger partial charge in [0.2, 0.25) is 5.95 Å². The first-order valence-corrected chi connectivity index (χ1v) is 8.53. The first kappa shape index (κ1) is 16.5. The van der Waals surface area contributed by atoms with Gasteiger partial charge in [-0.2, -0.15) is 4.98 Å². The molecule has 2 aromatic carbocycles. The van der Waals surface area contributed by atoms with Crippen LogP contribution in [0.5, 0.6) is 0 Å². The molecule has 0 fully saturated rings. The monoisotopic (exact) mass is 382 g/mol. The Balaban J connectivity index is 1.79. The van der Waals surface area contributed by atoms with Gasteiger partial charge in [0.25, 0.3) is 0 Å². The summed E-state index contributed by atoms with van der Waals surface area (Å²) in [5, 5.41) is 3.33. The van der Waals surface area contributed by atoms with Gasteiger partial charge in [0, 0.05) is 35.5 Å². The number of benzene rings is 2. The number of rotatable bonds is 5. The second-order valence-electron chi connectivity index (χ2n) is 5.67. The van der Waals surface area contributed by atoms with Crippen molar-refractivity contribution in [3.63, 3.8) is 0 Å². The molecule has 0 amide bonds. The minimum Gasteiger partial charge on any atom is -0.340 e. The van der Waals surface area contributed by atoms with Gasteiger partial charge in [0.15, 0.2) is 0 Å². The number of hydrogen-bond acceptors (Lipinski definition) is 4. The number of aryl methyl sites for hydroxylation is 1. The van der Waals surface area contributed by atoms with Gasteiger partial charge in [-0.25, -0.2) is 4.98 Å². The molecule has 0 aliphatic heterocycles. The molecule has 24 heavy (non-hydrogen) atoms. The highest BCUT2D eigenvalue weighted by molar-refractivity contribution is 9.10. The van der Waals surface area contributed by atoms with Crippen LogP contribution in [-0.2, 0) is 6.54 Å². The Bertz CT molecular complexity index is 803. The molecule has 3 rings (SSSR count). The maximum absolute atomic E-state index is 4.64. The Morgan fingerprint density at radius 3 is 2.42 bits per heavy atom.